The number of carbonyl (C=O) groups is 2. The molecule has 0 radical (unpaired) electrons. The summed E-state index contributed by atoms with van der Waals surface area (Å²) in [5.74, 6) is 0.308. The minimum absolute atomic E-state index is 0.0281. The van der Waals surface area contributed by atoms with Gasteiger partial charge < -0.3 is 14.5 Å². The van der Waals surface area contributed by atoms with E-state index >= 15 is 0 Å². The summed E-state index contributed by atoms with van der Waals surface area (Å²) in [4.78, 5) is 28.9. The first-order chi connectivity index (χ1) is 12.3. The van der Waals surface area contributed by atoms with Gasteiger partial charge in [-0.25, -0.2) is 0 Å². The van der Waals surface area contributed by atoms with Gasteiger partial charge in [0.2, 0.25) is 0 Å². The van der Waals surface area contributed by atoms with Gasteiger partial charge in [0, 0.05) is 38.5 Å². The van der Waals surface area contributed by atoms with E-state index in [1.54, 1.807) is 16.0 Å². The van der Waals surface area contributed by atoms with Gasteiger partial charge in [0.05, 0.1) is 17.8 Å². The molecule has 1 unspecified atom stereocenters. The van der Waals surface area contributed by atoms with Crippen molar-refractivity contribution in [3.8, 4) is 0 Å². The van der Waals surface area contributed by atoms with Crippen LogP contribution in [0.1, 0.15) is 55.7 Å². The van der Waals surface area contributed by atoms with Crippen LogP contribution >= 0.6 is 0 Å². The molecule has 1 aromatic rings. The zero-order chi connectivity index (χ0) is 19.0. The van der Waals surface area contributed by atoms with Crippen molar-refractivity contribution in [1.82, 2.24) is 19.6 Å². The molecule has 0 bridgehead atoms. The van der Waals surface area contributed by atoms with E-state index in [2.05, 4.69) is 25.9 Å². The molecule has 26 heavy (non-hydrogen) atoms. The van der Waals surface area contributed by atoms with Crippen molar-refractivity contribution >= 4 is 11.8 Å². The van der Waals surface area contributed by atoms with Crippen LogP contribution in [0.25, 0.3) is 0 Å². The Kier molecular flexibility index (Phi) is 5.37. The predicted octanol–water partition coefficient (Wildman–Crippen LogP) is 1.87. The third-order valence-electron chi connectivity index (χ3n) is 5.96. The SMILES string of the molecule is CCC(C)n1ncc(C(=O)N(C)C2CN(C(=O)[C@@H]3OCC[C@@H]3C)C2)c1C. The summed E-state index contributed by atoms with van der Waals surface area (Å²) in [6, 6.07) is 0.321. The summed E-state index contributed by atoms with van der Waals surface area (Å²) >= 11 is 0. The van der Waals surface area contributed by atoms with E-state index < -0.39 is 0 Å². The van der Waals surface area contributed by atoms with Crippen LogP contribution in [0.5, 0.6) is 0 Å². The van der Waals surface area contributed by atoms with Gasteiger partial charge in [-0.2, -0.15) is 5.10 Å². The number of likely N-dealkylation sites (N-methyl/N-ethyl adjacent to an activating group) is 1. The highest BCUT2D eigenvalue weighted by atomic mass is 16.5. The molecular formula is C19H30N4O3. The molecule has 7 nitrogen and oxygen atoms in total. The van der Waals surface area contributed by atoms with Crippen molar-refractivity contribution in [2.75, 3.05) is 26.7 Å². The molecule has 0 saturated carbocycles. The molecular weight excluding hydrogens is 332 g/mol. The van der Waals surface area contributed by atoms with Gasteiger partial charge in [-0.15, -0.1) is 0 Å². The van der Waals surface area contributed by atoms with Crippen LogP contribution in [0.4, 0.5) is 0 Å². The molecule has 2 aliphatic rings. The summed E-state index contributed by atoms with van der Waals surface area (Å²) in [6.07, 6.45) is 3.25. The van der Waals surface area contributed by atoms with E-state index in [-0.39, 0.29) is 35.9 Å². The fraction of sp³-hybridized carbons (Fsp3) is 0.737. The molecule has 3 rings (SSSR count). The van der Waals surface area contributed by atoms with E-state index in [9.17, 15) is 9.59 Å². The van der Waals surface area contributed by atoms with E-state index in [1.165, 1.54) is 0 Å². The van der Waals surface area contributed by atoms with Crippen LogP contribution in [0, 0.1) is 12.8 Å². The molecule has 3 atom stereocenters. The lowest BCUT2D eigenvalue weighted by Gasteiger charge is -2.44. The second-order valence-corrected chi connectivity index (χ2v) is 7.72. The topological polar surface area (TPSA) is 67.7 Å². The highest BCUT2D eigenvalue weighted by Gasteiger charge is 2.41. The first-order valence-electron chi connectivity index (χ1n) is 9.56. The Labute approximate surface area is 155 Å². The largest absolute Gasteiger partial charge is 0.368 e. The molecule has 2 amide bonds. The molecule has 2 aliphatic heterocycles. The van der Waals surface area contributed by atoms with Crippen molar-refractivity contribution in [3.63, 3.8) is 0 Å². The van der Waals surface area contributed by atoms with Crippen molar-refractivity contribution in [2.24, 2.45) is 5.92 Å². The maximum absolute atomic E-state index is 12.9. The maximum Gasteiger partial charge on any atom is 0.257 e. The van der Waals surface area contributed by atoms with Crippen LogP contribution in [0.3, 0.4) is 0 Å². The fourth-order valence-electron chi connectivity index (χ4n) is 3.68. The van der Waals surface area contributed by atoms with E-state index in [0.717, 1.165) is 18.5 Å². The Morgan fingerprint density at radius 2 is 2.12 bits per heavy atom. The maximum atomic E-state index is 12.9. The van der Waals surface area contributed by atoms with Crippen molar-refractivity contribution < 1.29 is 14.3 Å². The van der Waals surface area contributed by atoms with Gasteiger partial charge in [0.1, 0.15) is 6.10 Å². The monoisotopic (exact) mass is 362 g/mol. The van der Waals surface area contributed by atoms with Crippen LogP contribution in [-0.2, 0) is 9.53 Å². The smallest absolute Gasteiger partial charge is 0.257 e. The van der Waals surface area contributed by atoms with Crippen LogP contribution in [-0.4, -0.2) is 70.3 Å². The predicted molar refractivity (Wildman–Crippen MR) is 97.9 cm³/mol. The normalized spacial score (nSPS) is 24.4. The lowest BCUT2D eigenvalue weighted by atomic mass is 9.99. The number of amides is 2. The molecule has 0 aliphatic carbocycles. The second-order valence-electron chi connectivity index (χ2n) is 7.72. The summed E-state index contributed by atoms with van der Waals surface area (Å²) in [5, 5.41) is 4.39. The molecule has 0 aromatic carbocycles. The quantitative estimate of drug-likeness (QED) is 0.802. The molecule has 1 aromatic heterocycles. The fourth-order valence-corrected chi connectivity index (χ4v) is 3.68. The lowest BCUT2D eigenvalue weighted by Crippen LogP contribution is -2.63. The van der Waals surface area contributed by atoms with Crippen molar-refractivity contribution in [1.29, 1.82) is 0 Å². The molecule has 0 spiro atoms. The molecule has 0 N–H and O–H groups in total. The Balaban J connectivity index is 1.59. The Bertz CT molecular complexity index is 680. The lowest BCUT2D eigenvalue weighted by molar-refractivity contribution is -0.149. The molecule has 2 saturated heterocycles. The van der Waals surface area contributed by atoms with Crippen LogP contribution in [0.15, 0.2) is 6.20 Å². The van der Waals surface area contributed by atoms with E-state index in [4.69, 9.17) is 4.74 Å². The van der Waals surface area contributed by atoms with Crippen molar-refractivity contribution in [3.05, 3.63) is 17.5 Å². The summed E-state index contributed by atoms with van der Waals surface area (Å²) in [6.45, 7) is 10.0. The zero-order valence-corrected chi connectivity index (χ0v) is 16.4. The minimum atomic E-state index is -0.312. The number of carbonyl (C=O) groups excluding carboxylic acids is 2. The van der Waals surface area contributed by atoms with E-state index in [1.807, 2.05) is 18.7 Å². The third kappa shape index (κ3) is 3.24. The van der Waals surface area contributed by atoms with Gasteiger partial charge in [-0.1, -0.05) is 13.8 Å². The van der Waals surface area contributed by atoms with Gasteiger partial charge in [-0.05, 0) is 32.6 Å². The number of hydrogen-bond acceptors (Lipinski definition) is 4. The highest BCUT2D eigenvalue weighted by molar-refractivity contribution is 5.95. The summed E-state index contributed by atoms with van der Waals surface area (Å²) < 4.78 is 7.48. The number of nitrogens with zero attached hydrogens (tertiary/aromatic N) is 4. The third-order valence-corrected chi connectivity index (χ3v) is 5.96. The zero-order valence-electron chi connectivity index (χ0n) is 16.4. The standard InChI is InChI=1S/C19H30N4O3/c1-6-13(3)23-14(4)16(9-20-23)18(24)21(5)15-10-22(11-15)19(25)17-12(2)7-8-26-17/h9,12-13,15,17H,6-8,10-11H2,1-5H3/t12-,13?,17+/m0/s1. The van der Waals surface area contributed by atoms with E-state index in [0.29, 0.717) is 25.3 Å². The summed E-state index contributed by atoms with van der Waals surface area (Å²) in [7, 11) is 1.81. The summed E-state index contributed by atoms with van der Waals surface area (Å²) in [5.41, 5.74) is 1.54. The average Bonchev–Trinajstić information content (AvgIpc) is 3.17. The Morgan fingerprint density at radius 3 is 2.69 bits per heavy atom. The number of ether oxygens (including phenoxy) is 1. The van der Waals surface area contributed by atoms with Gasteiger partial charge in [-0.3, -0.25) is 14.3 Å². The van der Waals surface area contributed by atoms with Crippen LogP contribution < -0.4 is 0 Å². The Hall–Kier alpha value is -1.89. The van der Waals surface area contributed by atoms with Gasteiger partial charge >= 0.3 is 0 Å². The Morgan fingerprint density at radius 1 is 1.42 bits per heavy atom. The second kappa shape index (κ2) is 7.39. The molecule has 2 fully saturated rings. The number of rotatable bonds is 5. The first kappa shape index (κ1) is 18.9. The molecule has 7 heteroatoms. The first-order valence-corrected chi connectivity index (χ1v) is 9.56. The minimum Gasteiger partial charge on any atom is -0.368 e. The number of aromatic nitrogens is 2. The molecule has 144 valence electrons. The average molecular weight is 362 g/mol. The van der Waals surface area contributed by atoms with Crippen LogP contribution in [0.2, 0.25) is 0 Å². The highest BCUT2D eigenvalue weighted by Crippen LogP contribution is 2.26. The van der Waals surface area contributed by atoms with Crippen molar-refractivity contribution in [2.45, 2.75) is 58.7 Å². The molecule has 3 heterocycles. The number of hydrogen-bond donors (Lipinski definition) is 0. The van der Waals surface area contributed by atoms with Gasteiger partial charge in [0.15, 0.2) is 0 Å². The van der Waals surface area contributed by atoms with Gasteiger partial charge in [0.25, 0.3) is 11.8 Å². The number of likely N-dealkylation sites (tertiary alicyclic amines) is 1.